The molecular weight excluding hydrogens is 240 g/mol. The lowest BCUT2D eigenvalue weighted by Crippen LogP contribution is -2.34. The van der Waals surface area contributed by atoms with E-state index in [1.807, 2.05) is 13.0 Å². The number of amides is 1. The van der Waals surface area contributed by atoms with Gasteiger partial charge in [-0.2, -0.15) is 0 Å². The molecule has 0 unspecified atom stereocenters. The molecule has 0 bridgehead atoms. The summed E-state index contributed by atoms with van der Waals surface area (Å²) in [6.07, 6.45) is 4.36. The van der Waals surface area contributed by atoms with Gasteiger partial charge in [-0.05, 0) is 18.6 Å². The highest BCUT2D eigenvalue weighted by atomic mass is 32.2. The molecule has 0 aliphatic rings. The molecule has 1 aromatic heterocycles. The minimum atomic E-state index is -3.29. The molecular formula is C11H16N2O3S. The smallest absolute Gasteiger partial charge is 0.238 e. The Morgan fingerprint density at radius 1 is 1.53 bits per heavy atom. The summed E-state index contributed by atoms with van der Waals surface area (Å²) >= 11 is 0. The van der Waals surface area contributed by atoms with E-state index in [2.05, 4.69) is 4.98 Å². The predicted octanol–water partition coefficient (Wildman–Crippen LogP) is 0.646. The van der Waals surface area contributed by atoms with Crippen LogP contribution in [-0.4, -0.2) is 43.3 Å². The van der Waals surface area contributed by atoms with Gasteiger partial charge in [0, 0.05) is 25.7 Å². The zero-order chi connectivity index (χ0) is 13.1. The first-order chi connectivity index (χ1) is 7.81. The lowest BCUT2D eigenvalue weighted by molar-refractivity contribution is -0.129. The van der Waals surface area contributed by atoms with Gasteiger partial charge in [-0.1, -0.05) is 6.07 Å². The standard InChI is InChI=1S/C11H16N2O3S/c1-9(10-5-4-6-12-7-10)13(2)11(14)8-17(3,15)16/h4-7,9H,8H2,1-3H3/t9-/m1/s1. The van der Waals surface area contributed by atoms with Crippen molar-refractivity contribution in [3.8, 4) is 0 Å². The number of sulfone groups is 1. The van der Waals surface area contributed by atoms with Gasteiger partial charge in [-0.3, -0.25) is 9.78 Å². The van der Waals surface area contributed by atoms with E-state index < -0.39 is 21.5 Å². The van der Waals surface area contributed by atoms with Crippen LogP contribution in [-0.2, 0) is 14.6 Å². The topological polar surface area (TPSA) is 67.3 Å². The van der Waals surface area contributed by atoms with E-state index in [4.69, 9.17) is 0 Å². The van der Waals surface area contributed by atoms with Crippen LogP contribution in [0.5, 0.6) is 0 Å². The molecule has 0 N–H and O–H groups in total. The van der Waals surface area contributed by atoms with Crippen LogP contribution in [0, 0.1) is 0 Å². The number of nitrogens with zero attached hydrogens (tertiary/aromatic N) is 2. The maximum atomic E-state index is 11.7. The van der Waals surface area contributed by atoms with Gasteiger partial charge in [0.2, 0.25) is 5.91 Å². The van der Waals surface area contributed by atoms with Crippen LogP contribution in [0.3, 0.4) is 0 Å². The highest BCUT2D eigenvalue weighted by molar-refractivity contribution is 7.91. The fourth-order valence-corrected chi connectivity index (χ4v) is 2.04. The normalized spacial score (nSPS) is 13.1. The molecule has 0 saturated heterocycles. The summed E-state index contributed by atoms with van der Waals surface area (Å²) in [7, 11) is -1.70. The molecule has 0 radical (unpaired) electrons. The molecule has 0 fully saturated rings. The van der Waals surface area contributed by atoms with E-state index in [-0.39, 0.29) is 6.04 Å². The Bertz CT molecular complexity index is 485. The minimum Gasteiger partial charge on any atom is -0.338 e. The third-order valence-electron chi connectivity index (χ3n) is 2.53. The third-order valence-corrected chi connectivity index (χ3v) is 3.30. The summed E-state index contributed by atoms with van der Waals surface area (Å²) in [6.45, 7) is 1.83. The molecule has 0 aromatic carbocycles. The first-order valence-corrected chi connectivity index (χ1v) is 7.20. The van der Waals surface area contributed by atoms with Crippen LogP contribution >= 0.6 is 0 Å². The van der Waals surface area contributed by atoms with Gasteiger partial charge in [0.15, 0.2) is 9.84 Å². The molecule has 0 aliphatic heterocycles. The number of carbonyl (C=O) groups is 1. The number of rotatable bonds is 4. The molecule has 1 rings (SSSR count). The molecule has 1 atom stereocenters. The molecule has 0 spiro atoms. The van der Waals surface area contributed by atoms with E-state index in [1.165, 1.54) is 4.90 Å². The molecule has 5 nitrogen and oxygen atoms in total. The van der Waals surface area contributed by atoms with E-state index in [0.29, 0.717) is 0 Å². The largest absolute Gasteiger partial charge is 0.338 e. The summed E-state index contributed by atoms with van der Waals surface area (Å²) in [5.74, 6) is -0.877. The summed E-state index contributed by atoms with van der Waals surface area (Å²) in [4.78, 5) is 17.1. The average molecular weight is 256 g/mol. The van der Waals surface area contributed by atoms with Crippen LogP contribution in [0.25, 0.3) is 0 Å². The van der Waals surface area contributed by atoms with Gasteiger partial charge in [0.25, 0.3) is 0 Å². The number of hydrogen-bond acceptors (Lipinski definition) is 4. The van der Waals surface area contributed by atoms with Crippen molar-refractivity contribution in [1.82, 2.24) is 9.88 Å². The van der Waals surface area contributed by atoms with Crippen molar-refractivity contribution in [1.29, 1.82) is 0 Å². The van der Waals surface area contributed by atoms with Crippen LogP contribution in [0.1, 0.15) is 18.5 Å². The van der Waals surface area contributed by atoms with Crippen molar-refractivity contribution in [2.45, 2.75) is 13.0 Å². The Kier molecular flexibility index (Phi) is 4.22. The van der Waals surface area contributed by atoms with Crippen molar-refractivity contribution in [3.63, 3.8) is 0 Å². The lowest BCUT2D eigenvalue weighted by atomic mass is 10.1. The van der Waals surface area contributed by atoms with Crippen molar-refractivity contribution in [3.05, 3.63) is 30.1 Å². The van der Waals surface area contributed by atoms with E-state index in [1.54, 1.807) is 25.5 Å². The summed E-state index contributed by atoms with van der Waals surface area (Å²) in [5.41, 5.74) is 0.872. The van der Waals surface area contributed by atoms with Crippen molar-refractivity contribution < 1.29 is 13.2 Å². The zero-order valence-electron chi connectivity index (χ0n) is 10.1. The van der Waals surface area contributed by atoms with Crippen LogP contribution in [0.15, 0.2) is 24.5 Å². The van der Waals surface area contributed by atoms with Gasteiger partial charge < -0.3 is 4.90 Å². The fraction of sp³-hybridized carbons (Fsp3) is 0.455. The van der Waals surface area contributed by atoms with Gasteiger partial charge >= 0.3 is 0 Å². The molecule has 1 aromatic rings. The number of carbonyl (C=O) groups excluding carboxylic acids is 1. The highest BCUT2D eigenvalue weighted by Gasteiger charge is 2.20. The van der Waals surface area contributed by atoms with E-state index in [9.17, 15) is 13.2 Å². The first-order valence-electron chi connectivity index (χ1n) is 5.14. The molecule has 94 valence electrons. The van der Waals surface area contributed by atoms with E-state index in [0.717, 1.165) is 11.8 Å². The lowest BCUT2D eigenvalue weighted by Gasteiger charge is -2.24. The highest BCUT2D eigenvalue weighted by Crippen LogP contribution is 2.17. The summed E-state index contributed by atoms with van der Waals surface area (Å²) < 4.78 is 22.1. The Labute approximate surface area is 101 Å². The third kappa shape index (κ3) is 4.14. The monoisotopic (exact) mass is 256 g/mol. The molecule has 1 amide bonds. The van der Waals surface area contributed by atoms with Crippen molar-refractivity contribution in [2.24, 2.45) is 0 Å². The summed E-state index contributed by atoms with van der Waals surface area (Å²) in [5, 5.41) is 0. The Balaban J connectivity index is 2.77. The van der Waals surface area contributed by atoms with E-state index >= 15 is 0 Å². The first kappa shape index (κ1) is 13.6. The second kappa shape index (κ2) is 5.27. The number of hydrogen-bond donors (Lipinski definition) is 0. The van der Waals surface area contributed by atoms with Gasteiger partial charge in [0.05, 0.1) is 6.04 Å². The molecule has 0 saturated carbocycles. The Hall–Kier alpha value is -1.43. The zero-order valence-corrected chi connectivity index (χ0v) is 10.9. The van der Waals surface area contributed by atoms with Gasteiger partial charge in [-0.15, -0.1) is 0 Å². The van der Waals surface area contributed by atoms with Crippen LogP contribution in [0.4, 0.5) is 0 Å². The molecule has 17 heavy (non-hydrogen) atoms. The number of aromatic nitrogens is 1. The second-order valence-electron chi connectivity index (χ2n) is 4.04. The molecule has 6 heteroatoms. The maximum absolute atomic E-state index is 11.7. The van der Waals surface area contributed by atoms with Crippen LogP contribution in [0.2, 0.25) is 0 Å². The van der Waals surface area contributed by atoms with Gasteiger partial charge in [-0.25, -0.2) is 8.42 Å². The minimum absolute atomic E-state index is 0.196. The Morgan fingerprint density at radius 2 is 2.18 bits per heavy atom. The fourth-order valence-electron chi connectivity index (χ4n) is 1.39. The predicted molar refractivity (Wildman–Crippen MR) is 65.1 cm³/mol. The molecule has 1 heterocycles. The quantitative estimate of drug-likeness (QED) is 0.793. The van der Waals surface area contributed by atoms with Crippen molar-refractivity contribution in [2.75, 3.05) is 19.1 Å². The van der Waals surface area contributed by atoms with Gasteiger partial charge in [0.1, 0.15) is 5.75 Å². The van der Waals surface area contributed by atoms with Crippen molar-refractivity contribution >= 4 is 15.7 Å². The SMILES string of the molecule is C[C@H](c1cccnc1)N(C)C(=O)CS(C)(=O)=O. The maximum Gasteiger partial charge on any atom is 0.238 e. The summed E-state index contributed by atoms with van der Waals surface area (Å²) in [6, 6.07) is 3.43. The number of pyridine rings is 1. The Morgan fingerprint density at radius 3 is 2.65 bits per heavy atom. The molecule has 0 aliphatic carbocycles. The van der Waals surface area contributed by atoms with Crippen LogP contribution < -0.4 is 0 Å². The average Bonchev–Trinajstić information content (AvgIpc) is 2.26. The second-order valence-corrected chi connectivity index (χ2v) is 6.18.